The quantitative estimate of drug-likeness (QED) is 0.394. The molecule has 0 aliphatic carbocycles. The average Bonchev–Trinajstić information content (AvgIpc) is 3.38. The Balaban J connectivity index is 1.50. The second-order valence-electron chi connectivity index (χ2n) is 7.66. The van der Waals surface area contributed by atoms with Crippen molar-refractivity contribution in [1.82, 2.24) is 25.9 Å². The minimum absolute atomic E-state index is 0.0505. The number of aromatic nitrogens is 4. The van der Waals surface area contributed by atoms with E-state index in [0.29, 0.717) is 5.82 Å². The van der Waals surface area contributed by atoms with Crippen molar-refractivity contribution in [1.29, 1.82) is 0 Å². The minimum atomic E-state index is 0.0505. The summed E-state index contributed by atoms with van der Waals surface area (Å²) in [6.07, 6.45) is 0. The maximum Gasteiger partial charge on any atom is 0.204 e. The number of nitrogens with zero attached hydrogens (tertiary/aromatic N) is 3. The molecule has 0 bridgehead atoms. The summed E-state index contributed by atoms with van der Waals surface area (Å²) < 4.78 is 0. The van der Waals surface area contributed by atoms with Crippen LogP contribution >= 0.6 is 0 Å². The molecular formula is C26H23N5. The molecule has 0 amide bonds. The Morgan fingerprint density at radius 2 is 1.45 bits per heavy atom. The van der Waals surface area contributed by atoms with E-state index in [1.807, 2.05) is 18.2 Å². The van der Waals surface area contributed by atoms with E-state index in [9.17, 15) is 0 Å². The molecule has 2 N–H and O–H groups in total. The lowest BCUT2D eigenvalue weighted by atomic mass is 9.94. The van der Waals surface area contributed by atoms with Gasteiger partial charge in [-0.05, 0) is 39.6 Å². The van der Waals surface area contributed by atoms with E-state index in [1.54, 1.807) is 0 Å². The van der Waals surface area contributed by atoms with Gasteiger partial charge in [0, 0.05) is 11.6 Å². The standard InChI is InChI=1S/C26H23N5/c1-18(23-13-7-11-19-8-5-6-12-24(19)23)27-25(20-9-3-2-4-10-20)21-14-16-22(17-15-21)26-28-30-31-29-26/h2-18,25,27H,1H3,(H,28,29,30,31)/t18-,25?/m1/s1. The topological polar surface area (TPSA) is 66.5 Å². The van der Waals surface area contributed by atoms with E-state index in [2.05, 4.69) is 112 Å². The van der Waals surface area contributed by atoms with Crippen molar-refractivity contribution >= 4 is 10.8 Å². The van der Waals surface area contributed by atoms with Crippen LogP contribution in [-0.2, 0) is 0 Å². The van der Waals surface area contributed by atoms with Gasteiger partial charge >= 0.3 is 0 Å². The summed E-state index contributed by atoms with van der Waals surface area (Å²) in [6, 6.07) is 34.2. The molecule has 0 aliphatic rings. The van der Waals surface area contributed by atoms with Crippen LogP contribution < -0.4 is 5.32 Å². The van der Waals surface area contributed by atoms with Gasteiger partial charge in [-0.3, -0.25) is 5.32 Å². The van der Waals surface area contributed by atoms with Crippen LogP contribution in [0.5, 0.6) is 0 Å². The zero-order valence-electron chi connectivity index (χ0n) is 17.2. The maximum atomic E-state index is 4.07. The number of aromatic amines is 1. The molecule has 0 radical (unpaired) electrons. The summed E-state index contributed by atoms with van der Waals surface area (Å²) in [5.41, 5.74) is 4.64. The van der Waals surface area contributed by atoms with E-state index < -0.39 is 0 Å². The highest BCUT2D eigenvalue weighted by molar-refractivity contribution is 5.86. The Morgan fingerprint density at radius 3 is 2.23 bits per heavy atom. The molecule has 0 saturated carbocycles. The van der Waals surface area contributed by atoms with Crippen LogP contribution in [0.4, 0.5) is 0 Å². The SMILES string of the molecule is C[C@@H](NC(c1ccccc1)c1ccc(-c2nn[nH]n2)cc1)c1cccc2ccccc12. The van der Waals surface area contributed by atoms with Crippen LogP contribution in [0, 0.1) is 0 Å². The predicted molar refractivity (Wildman–Crippen MR) is 123 cm³/mol. The number of fused-ring (bicyclic) bond motifs is 1. The first kappa shape index (κ1) is 19.2. The third kappa shape index (κ3) is 3.96. The number of tetrazole rings is 1. The van der Waals surface area contributed by atoms with Crippen molar-refractivity contribution in [3.05, 3.63) is 114 Å². The molecule has 0 saturated heterocycles. The molecule has 31 heavy (non-hydrogen) atoms. The van der Waals surface area contributed by atoms with Crippen LogP contribution in [0.1, 0.15) is 35.7 Å². The van der Waals surface area contributed by atoms with Gasteiger partial charge in [0.15, 0.2) is 0 Å². The van der Waals surface area contributed by atoms with Gasteiger partial charge < -0.3 is 0 Å². The first-order valence-electron chi connectivity index (χ1n) is 10.4. The summed E-state index contributed by atoms with van der Waals surface area (Å²) in [6.45, 7) is 2.23. The Hall–Kier alpha value is -3.83. The van der Waals surface area contributed by atoms with Gasteiger partial charge in [-0.1, -0.05) is 97.1 Å². The first-order valence-corrected chi connectivity index (χ1v) is 10.4. The molecular weight excluding hydrogens is 382 g/mol. The van der Waals surface area contributed by atoms with E-state index in [4.69, 9.17) is 0 Å². The second-order valence-corrected chi connectivity index (χ2v) is 7.66. The van der Waals surface area contributed by atoms with E-state index in [-0.39, 0.29) is 12.1 Å². The molecule has 1 unspecified atom stereocenters. The molecule has 5 nitrogen and oxygen atoms in total. The molecule has 0 spiro atoms. The van der Waals surface area contributed by atoms with Crippen molar-refractivity contribution in [2.24, 2.45) is 0 Å². The molecule has 2 atom stereocenters. The van der Waals surface area contributed by atoms with Gasteiger partial charge in [0.25, 0.3) is 0 Å². The van der Waals surface area contributed by atoms with E-state index >= 15 is 0 Å². The zero-order chi connectivity index (χ0) is 21.0. The third-order valence-corrected chi connectivity index (χ3v) is 5.69. The largest absolute Gasteiger partial charge is 0.300 e. The molecule has 1 aromatic heterocycles. The predicted octanol–water partition coefficient (Wildman–Crippen LogP) is 5.46. The van der Waals surface area contributed by atoms with Crippen molar-refractivity contribution in [3.63, 3.8) is 0 Å². The Labute approximate surface area is 181 Å². The zero-order valence-corrected chi connectivity index (χ0v) is 17.2. The van der Waals surface area contributed by atoms with Crippen molar-refractivity contribution < 1.29 is 0 Å². The fourth-order valence-electron chi connectivity index (χ4n) is 4.11. The summed E-state index contributed by atoms with van der Waals surface area (Å²) in [5, 5.41) is 20.7. The summed E-state index contributed by atoms with van der Waals surface area (Å²) in [4.78, 5) is 0. The van der Waals surface area contributed by atoms with Gasteiger partial charge in [0.1, 0.15) is 0 Å². The monoisotopic (exact) mass is 405 g/mol. The number of rotatable bonds is 6. The normalized spacial score (nSPS) is 13.2. The number of hydrogen-bond donors (Lipinski definition) is 2. The molecule has 5 heteroatoms. The number of hydrogen-bond acceptors (Lipinski definition) is 4. The van der Waals surface area contributed by atoms with Crippen LogP contribution in [0.2, 0.25) is 0 Å². The van der Waals surface area contributed by atoms with Crippen molar-refractivity contribution in [2.45, 2.75) is 19.0 Å². The van der Waals surface area contributed by atoms with Gasteiger partial charge in [0.05, 0.1) is 6.04 Å². The molecule has 4 aromatic carbocycles. The molecule has 5 rings (SSSR count). The van der Waals surface area contributed by atoms with E-state index in [0.717, 1.165) is 5.56 Å². The number of nitrogens with one attached hydrogen (secondary N) is 2. The maximum absolute atomic E-state index is 4.07. The fourth-order valence-corrected chi connectivity index (χ4v) is 4.11. The molecule has 152 valence electrons. The van der Waals surface area contributed by atoms with Crippen LogP contribution in [0.25, 0.3) is 22.2 Å². The lowest BCUT2D eigenvalue weighted by Gasteiger charge is -2.26. The van der Waals surface area contributed by atoms with Gasteiger partial charge in [-0.15, -0.1) is 10.2 Å². The molecule has 0 aliphatic heterocycles. The summed E-state index contributed by atoms with van der Waals surface area (Å²) >= 11 is 0. The Bertz CT molecular complexity index is 1260. The lowest BCUT2D eigenvalue weighted by Crippen LogP contribution is -2.25. The molecule has 1 heterocycles. The van der Waals surface area contributed by atoms with E-state index in [1.165, 1.54) is 27.5 Å². The highest BCUT2D eigenvalue weighted by atomic mass is 15.5. The summed E-state index contributed by atoms with van der Waals surface area (Å²) in [5.74, 6) is 0.597. The van der Waals surface area contributed by atoms with Crippen molar-refractivity contribution in [3.8, 4) is 11.4 Å². The average molecular weight is 406 g/mol. The number of benzene rings is 4. The second kappa shape index (κ2) is 8.50. The molecule has 0 fully saturated rings. The van der Waals surface area contributed by atoms with Crippen LogP contribution in [0.3, 0.4) is 0 Å². The Morgan fingerprint density at radius 1 is 0.742 bits per heavy atom. The fraction of sp³-hybridized carbons (Fsp3) is 0.115. The highest BCUT2D eigenvalue weighted by Gasteiger charge is 2.19. The van der Waals surface area contributed by atoms with Gasteiger partial charge in [-0.2, -0.15) is 5.21 Å². The number of H-pyrrole nitrogens is 1. The van der Waals surface area contributed by atoms with Crippen LogP contribution in [0.15, 0.2) is 97.1 Å². The summed E-state index contributed by atoms with van der Waals surface area (Å²) in [7, 11) is 0. The smallest absolute Gasteiger partial charge is 0.204 e. The Kier molecular flexibility index (Phi) is 5.25. The van der Waals surface area contributed by atoms with Gasteiger partial charge in [0.2, 0.25) is 5.82 Å². The first-order chi connectivity index (χ1) is 15.3. The highest BCUT2D eigenvalue weighted by Crippen LogP contribution is 2.30. The molecule has 5 aromatic rings. The van der Waals surface area contributed by atoms with Crippen LogP contribution in [-0.4, -0.2) is 20.6 Å². The third-order valence-electron chi connectivity index (χ3n) is 5.69. The van der Waals surface area contributed by atoms with Gasteiger partial charge in [-0.25, -0.2) is 0 Å². The lowest BCUT2D eigenvalue weighted by molar-refractivity contribution is 0.519. The minimum Gasteiger partial charge on any atom is -0.300 e. The van der Waals surface area contributed by atoms with Crippen molar-refractivity contribution in [2.75, 3.05) is 0 Å².